The standard InChI is InChI=1S/C10H26Si2/c1-8-10(12(5,6)7)9-11(2,3)4/h10H,8-9H2,1-7H3. The van der Waals surface area contributed by atoms with E-state index < -0.39 is 16.1 Å². The molecule has 2 heteroatoms. The molecule has 0 spiro atoms. The van der Waals surface area contributed by atoms with Crippen molar-refractivity contribution < 1.29 is 0 Å². The van der Waals surface area contributed by atoms with Crippen molar-refractivity contribution in [3.63, 3.8) is 0 Å². The monoisotopic (exact) mass is 202 g/mol. The minimum Gasteiger partial charge on any atom is -0.0695 e. The van der Waals surface area contributed by atoms with Gasteiger partial charge in [-0.1, -0.05) is 58.7 Å². The van der Waals surface area contributed by atoms with E-state index in [4.69, 9.17) is 0 Å². The van der Waals surface area contributed by atoms with Crippen LogP contribution in [0, 0.1) is 0 Å². The Hall–Kier alpha value is 0.434. The normalized spacial score (nSPS) is 16.2. The van der Waals surface area contributed by atoms with E-state index in [1.807, 2.05) is 0 Å². The molecule has 0 rings (SSSR count). The van der Waals surface area contributed by atoms with E-state index in [0.717, 1.165) is 5.54 Å². The topological polar surface area (TPSA) is 0 Å². The Balaban J connectivity index is 4.20. The first-order valence-corrected chi connectivity index (χ1v) is 12.5. The van der Waals surface area contributed by atoms with Crippen LogP contribution < -0.4 is 0 Å². The quantitative estimate of drug-likeness (QED) is 0.591. The Bertz CT molecular complexity index is 128. The predicted octanol–water partition coefficient (Wildman–Crippen LogP) is 4.44. The third kappa shape index (κ3) is 5.15. The maximum Gasteiger partial charge on any atom is 0.0470 e. The molecule has 1 atom stereocenters. The van der Waals surface area contributed by atoms with Crippen LogP contribution in [0.5, 0.6) is 0 Å². The van der Waals surface area contributed by atoms with E-state index >= 15 is 0 Å². The van der Waals surface area contributed by atoms with E-state index in [9.17, 15) is 0 Å². The maximum atomic E-state index is 2.52. The zero-order chi connectivity index (χ0) is 9.99. The molecule has 0 nitrogen and oxygen atoms in total. The Morgan fingerprint density at radius 1 is 0.917 bits per heavy atom. The summed E-state index contributed by atoms with van der Waals surface area (Å²) in [6, 6.07) is 1.54. The van der Waals surface area contributed by atoms with Crippen LogP contribution in [0.15, 0.2) is 0 Å². The minimum absolute atomic E-state index is 0.816. The van der Waals surface area contributed by atoms with Gasteiger partial charge < -0.3 is 0 Å². The summed E-state index contributed by atoms with van der Waals surface area (Å²) in [5, 5.41) is 0. The van der Waals surface area contributed by atoms with Gasteiger partial charge in [-0.05, 0) is 5.54 Å². The first-order chi connectivity index (χ1) is 5.17. The van der Waals surface area contributed by atoms with Crippen molar-refractivity contribution in [1.29, 1.82) is 0 Å². The van der Waals surface area contributed by atoms with Gasteiger partial charge >= 0.3 is 0 Å². The SMILES string of the molecule is CCC(C[Si](C)(C)C)[Si](C)(C)C. The van der Waals surface area contributed by atoms with Crippen LogP contribution in [0.3, 0.4) is 0 Å². The van der Waals surface area contributed by atoms with E-state index in [1.54, 1.807) is 6.04 Å². The van der Waals surface area contributed by atoms with Crippen molar-refractivity contribution in [2.75, 3.05) is 0 Å². The predicted molar refractivity (Wildman–Crippen MR) is 65.5 cm³/mol. The van der Waals surface area contributed by atoms with Gasteiger partial charge in [-0.15, -0.1) is 0 Å². The van der Waals surface area contributed by atoms with Crippen molar-refractivity contribution in [3.05, 3.63) is 0 Å². The summed E-state index contributed by atoms with van der Waals surface area (Å²) in [5.41, 5.74) is 1.06. The Labute approximate surface area is 80.8 Å². The lowest BCUT2D eigenvalue weighted by Crippen LogP contribution is -2.34. The number of hydrogen-bond acceptors (Lipinski definition) is 0. The molecule has 0 aliphatic rings. The van der Waals surface area contributed by atoms with Crippen molar-refractivity contribution in [1.82, 2.24) is 0 Å². The van der Waals surface area contributed by atoms with E-state index in [0.29, 0.717) is 0 Å². The van der Waals surface area contributed by atoms with Gasteiger partial charge in [-0.2, -0.15) is 0 Å². The molecule has 12 heavy (non-hydrogen) atoms. The highest BCUT2D eigenvalue weighted by Crippen LogP contribution is 2.33. The van der Waals surface area contributed by atoms with Gasteiger partial charge in [-0.25, -0.2) is 0 Å². The second-order valence-electron chi connectivity index (χ2n) is 6.24. The molecule has 0 aromatic carbocycles. The van der Waals surface area contributed by atoms with Crippen molar-refractivity contribution in [2.24, 2.45) is 0 Å². The fraction of sp³-hybridized carbons (Fsp3) is 1.00. The van der Waals surface area contributed by atoms with Gasteiger partial charge in [0.25, 0.3) is 0 Å². The van der Waals surface area contributed by atoms with Gasteiger partial charge in [0.15, 0.2) is 0 Å². The number of hydrogen-bond donors (Lipinski definition) is 0. The zero-order valence-electron chi connectivity index (χ0n) is 9.99. The third-order valence-electron chi connectivity index (χ3n) is 2.58. The summed E-state index contributed by atoms with van der Waals surface area (Å²) in [4.78, 5) is 0. The second-order valence-corrected chi connectivity index (χ2v) is 17.3. The molecule has 0 aliphatic carbocycles. The molecular formula is C10H26Si2. The largest absolute Gasteiger partial charge is 0.0695 e. The average molecular weight is 202 g/mol. The summed E-state index contributed by atoms with van der Waals surface area (Å²) < 4.78 is 0. The van der Waals surface area contributed by atoms with E-state index in [2.05, 4.69) is 46.2 Å². The molecule has 0 aromatic heterocycles. The summed E-state index contributed by atoms with van der Waals surface area (Å²) in [5.74, 6) is 0. The highest BCUT2D eigenvalue weighted by molar-refractivity contribution is 6.82. The van der Waals surface area contributed by atoms with Gasteiger partial charge in [0.2, 0.25) is 0 Å². The van der Waals surface area contributed by atoms with Crippen LogP contribution in [0.4, 0.5) is 0 Å². The van der Waals surface area contributed by atoms with Crippen LogP contribution in [0.1, 0.15) is 13.3 Å². The van der Waals surface area contributed by atoms with Crippen LogP contribution in [0.2, 0.25) is 50.9 Å². The van der Waals surface area contributed by atoms with Crippen molar-refractivity contribution in [3.8, 4) is 0 Å². The first kappa shape index (κ1) is 12.4. The summed E-state index contributed by atoms with van der Waals surface area (Å²) in [6.45, 7) is 17.4. The van der Waals surface area contributed by atoms with Gasteiger partial charge in [-0.3, -0.25) is 0 Å². The molecule has 0 radical (unpaired) electrons. The zero-order valence-corrected chi connectivity index (χ0v) is 12.0. The smallest absolute Gasteiger partial charge is 0.0470 e. The van der Waals surface area contributed by atoms with E-state index in [1.165, 1.54) is 6.42 Å². The molecule has 1 unspecified atom stereocenters. The molecule has 0 aliphatic heterocycles. The molecule has 74 valence electrons. The van der Waals surface area contributed by atoms with Crippen LogP contribution in [0.25, 0.3) is 0 Å². The Morgan fingerprint density at radius 3 is 1.42 bits per heavy atom. The van der Waals surface area contributed by atoms with Crippen molar-refractivity contribution >= 4 is 16.1 Å². The Kier molecular flexibility index (Phi) is 4.24. The fourth-order valence-corrected chi connectivity index (χ4v) is 9.08. The molecule has 0 N–H and O–H groups in total. The molecule has 0 saturated heterocycles. The molecule has 0 heterocycles. The van der Waals surface area contributed by atoms with Gasteiger partial charge in [0.05, 0.1) is 0 Å². The molecule has 0 bridgehead atoms. The fourth-order valence-electron chi connectivity index (χ4n) is 1.80. The second kappa shape index (κ2) is 4.10. The van der Waals surface area contributed by atoms with Gasteiger partial charge in [0, 0.05) is 16.1 Å². The van der Waals surface area contributed by atoms with Crippen LogP contribution >= 0.6 is 0 Å². The lowest BCUT2D eigenvalue weighted by Gasteiger charge is -2.32. The third-order valence-corrected chi connectivity index (χ3v) is 7.76. The van der Waals surface area contributed by atoms with Gasteiger partial charge in [0.1, 0.15) is 0 Å². The first-order valence-electron chi connectivity index (χ1n) is 5.17. The molecular weight excluding hydrogens is 176 g/mol. The van der Waals surface area contributed by atoms with Crippen LogP contribution in [-0.2, 0) is 0 Å². The lowest BCUT2D eigenvalue weighted by molar-refractivity contribution is 0.828. The molecule has 0 saturated carbocycles. The van der Waals surface area contributed by atoms with Crippen molar-refractivity contribution in [2.45, 2.75) is 64.2 Å². The van der Waals surface area contributed by atoms with Crippen LogP contribution in [-0.4, -0.2) is 16.1 Å². The molecule has 0 amide bonds. The minimum atomic E-state index is -0.862. The average Bonchev–Trinajstić information content (AvgIpc) is 1.78. The Morgan fingerprint density at radius 2 is 1.33 bits per heavy atom. The van der Waals surface area contributed by atoms with E-state index in [-0.39, 0.29) is 0 Å². The summed E-state index contributed by atoms with van der Waals surface area (Å²) >= 11 is 0. The summed E-state index contributed by atoms with van der Waals surface area (Å²) in [6.07, 6.45) is 1.40. The lowest BCUT2D eigenvalue weighted by atomic mass is 10.4. The number of rotatable bonds is 4. The summed E-state index contributed by atoms with van der Waals surface area (Å²) in [7, 11) is -1.68. The highest BCUT2D eigenvalue weighted by atomic mass is 28.3. The molecule has 0 aromatic rings. The highest BCUT2D eigenvalue weighted by Gasteiger charge is 2.29. The molecule has 0 fully saturated rings. The maximum absolute atomic E-state index is 2.52.